The van der Waals surface area contributed by atoms with Gasteiger partial charge in [-0.2, -0.15) is 0 Å². The number of benzene rings is 2. The summed E-state index contributed by atoms with van der Waals surface area (Å²) in [4.78, 5) is 32.0. The van der Waals surface area contributed by atoms with Crippen LogP contribution in [-0.4, -0.2) is 41.5 Å². The van der Waals surface area contributed by atoms with Gasteiger partial charge in [-0.25, -0.2) is 14.2 Å². The molecule has 8 heteroatoms. The maximum atomic E-state index is 13.9. The number of hydrogen-bond acceptors (Lipinski definition) is 4. The van der Waals surface area contributed by atoms with Crippen molar-refractivity contribution in [3.8, 4) is 0 Å². The maximum Gasteiger partial charge on any atom is 0.325 e. The van der Waals surface area contributed by atoms with E-state index in [4.69, 9.17) is 0 Å². The number of nitrogens with one attached hydrogen (secondary N) is 1. The summed E-state index contributed by atoms with van der Waals surface area (Å²) in [6.07, 6.45) is 0. The molecular weight excluding hydrogens is 367 g/mol. The molecule has 2 aromatic carbocycles. The fourth-order valence-corrected chi connectivity index (χ4v) is 3.93. The summed E-state index contributed by atoms with van der Waals surface area (Å²) in [5.74, 6) is -0.756. The molecule has 1 aliphatic heterocycles. The lowest BCUT2D eigenvalue weighted by Crippen LogP contribution is -2.37. The van der Waals surface area contributed by atoms with E-state index < -0.39 is 5.82 Å². The van der Waals surface area contributed by atoms with Crippen LogP contribution in [0.25, 0.3) is 10.2 Å². The average molecular weight is 384 g/mol. The smallest absolute Gasteiger partial charge is 0.324 e. The summed E-state index contributed by atoms with van der Waals surface area (Å²) >= 11 is 1.59. The summed E-state index contributed by atoms with van der Waals surface area (Å²) in [6, 6.07) is 11.3. The summed E-state index contributed by atoms with van der Waals surface area (Å²) in [7, 11) is 0. The average Bonchev–Trinajstić information content (AvgIpc) is 3.17. The minimum Gasteiger partial charge on any atom is -0.324 e. The molecule has 3 aromatic rings. The van der Waals surface area contributed by atoms with Crippen LogP contribution in [0.1, 0.15) is 5.01 Å². The van der Waals surface area contributed by atoms with E-state index in [-0.39, 0.29) is 24.2 Å². The molecule has 1 aliphatic rings. The minimum atomic E-state index is -0.455. The van der Waals surface area contributed by atoms with Crippen molar-refractivity contribution in [3.05, 3.63) is 53.3 Å². The normalized spacial score (nSPS) is 14.2. The third kappa shape index (κ3) is 3.48. The predicted molar refractivity (Wildman–Crippen MR) is 104 cm³/mol. The van der Waals surface area contributed by atoms with Gasteiger partial charge in [0.1, 0.15) is 12.4 Å². The molecule has 0 bridgehead atoms. The molecule has 1 saturated heterocycles. The van der Waals surface area contributed by atoms with Crippen molar-refractivity contribution in [1.29, 1.82) is 0 Å². The Balaban J connectivity index is 1.42. The van der Waals surface area contributed by atoms with Gasteiger partial charge in [0, 0.05) is 18.8 Å². The number of aryl methyl sites for hydroxylation is 1. The summed E-state index contributed by atoms with van der Waals surface area (Å²) in [6.45, 7) is 2.56. The standard InChI is InChI=1S/C19H17FN4O2S/c1-12-21-15-10-13(6-7-17(15)27-12)22-18(25)11-23-8-9-24(19(23)26)16-5-3-2-4-14(16)20/h2-7,10H,8-9,11H2,1H3,(H,22,25). The zero-order chi connectivity index (χ0) is 19.0. The van der Waals surface area contributed by atoms with Crippen molar-refractivity contribution >= 4 is 44.9 Å². The first-order valence-electron chi connectivity index (χ1n) is 8.49. The first-order valence-corrected chi connectivity index (χ1v) is 9.31. The van der Waals surface area contributed by atoms with Crippen LogP contribution in [-0.2, 0) is 4.79 Å². The van der Waals surface area contributed by atoms with Gasteiger partial charge in [-0.05, 0) is 37.3 Å². The molecule has 0 saturated carbocycles. The molecule has 0 atom stereocenters. The fraction of sp³-hybridized carbons (Fsp3) is 0.211. The third-order valence-corrected chi connectivity index (χ3v) is 5.30. The molecule has 1 aromatic heterocycles. The molecular formula is C19H17FN4O2S. The Kier molecular flexibility index (Phi) is 4.49. The molecule has 2 heterocycles. The Morgan fingerprint density at radius 1 is 1.26 bits per heavy atom. The summed E-state index contributed by atoms with van der Waals surface area (Å²) in [5.41, 5.74) is 1.70. The lowest BCUT2D eigenvalue weighted by atomic mass is 10.3. The molecule has 1 N–H and O–H groups in total. The van der Waals surface area contributed by atoms with Gasteiger partial charge in [-0.1, -0.05) is 12.1 Å². The molecule has 138 valence electrons. The number of amides is 3. The lowest BCUT2D eigenvalue weighted by Gasteiger charge is -2.18. The van der Waals surface area contributed by atoms with E-state index in [0.29, 0.717) is 18.8 Å². The first kappa shape index (κ1) is 17.4. The second kappa shape index (κ2) is 6.96. The molecule has 1 fully saturated rings. The predicted octanol–water partition coefficient (Wildman–Crippen LogP) is 3.62. The van der Waals surface area contributed by atoms with Crippen molar-refractivity contribution in [1.82, 2.24) is 9.88 Å². The highest BCUT2D eigenvalue weighted by atomic mass is 32.1. The van der Waals surface area contributed by atoms with Gasteiger partial charge in [-0.3, -0.25) is 9.69 Å². The highest BCUT2D eigenvalue weighted by Gasteiger charge is 2.32. The largest absolute Gasteiger partial charge is 0.325 e. The second-order valence-electron chi connectivity index (χ2n) is 6.27. The van der Waals surface area contributed by atoms with Crippen LogP contribution < -0.4 is 10.2 Å². The number of para-hydroxylation sites is 1. The number of hydrogen-bond donors (Lipinski definition) is 1. The topological polar surface area (TPSA) is 65.5 Å². The number of nitrogens with zero attached hydrogens (tertiary/aromatic N) is 3. The van der Waals surface area contributed by atoms with Crippen LogP contribution in [0.5, 0.6) is 0 Å². The first-order chi connectivity index (χ1) is 13.0. The molecule has 4 rings (SSSR count). The molecule has 27 heavy (non-hydrogen) atoms. The quantitative estimate of drug-likeness (QED) is 0.747. The van der Waals surface area contributed by atoms with Crippen molar-refractivity contribution in [2.45, 2.75) is 6.92 Å². The van der Waals surface area contributed by atoms with Crippen LogP contribution in [0.3, 0.4) is 0 Å². The van der Waals surface area contributed by atoms with Gasteiger partial charge in [0.15, 0.2) is 0 Å². The van der Waals surface area contributed by atoms with E-state index in [9.17, 15) is 14.0 Å². The van der Waals surface area contributed by atoms with E-state index in [2.05, 4.69) is 10.3 Å². The van der Waals surface area contributed by atoms with Crippen LogP contribution in [0.4, 0.5) is 20.6 Å². The van der Waals surface area contributed by atoms with Crippen LogP contribution >= 0.6 is 11.3 Å². The van der Waals surface area contributed by atoms with Gasteiger partial charge in [0.2, 0.25) is 5.91 Å². The van der Waals surface area contributed by atoms with E-state index in [1.165, 1.54) is 15.9 Å². The van der Waals surface area contributed by atoms with E-state index in [0.717, 1.165) is 15.2 Å². The molecule has 0 radical (unpaired) electrons. The van der Waals surface area contributed by atoms with Gasteiger partial charge in [0.05, 0.1) is 20.9 Å². The zero-order valence-electron chi connectivity index (χ0n) is 14.6. The molecule has 6 nitrogen and oxygen atoms in total. The number of urea groups is 1. The van der Waals surface area contributed by atoms with Crippen molar-refractivity contribution in [3.63, 3.8) is 0 Å². The van der Waals surface area contributed by atoms with Crippen molar-refractivity contribution in [2.75, 3.05) is 29.9 Å². The Labute approximate surface area is 159 Å². The highest BCUT2D eigenvalue weighted by molar-refractivity contribution is 7.18. The number of fused-ring (bicyclic) bond motifs is 1. The molecule has 3 amide bonds. The number of anilines is 2. The van der Waals surface area contributed by atoms with Crippen LogP contribution in [0, 0.1) is 12.7 Å². The Morgan fingerprint density at radius 3 is 2.89 bits per heavy atom. The number of carbonyl (C=O) groups excluding carboxylic acids is 2. The Hall–Kier alpha value is -3.00. The zero-order valence-corrected chi connectivity index (χ0v) is 15.4. The van der Waals surface area contributed by atoms with Gasteiger partial charge >= 0.3 is 6.03 Å². The summed E-state index contributed by atoms with van der Waals surface area (Å²) < 4.78 is 15.0. The molecule has 0 aliphatic carbocycles. The maximum absolute atomic E-state index is 13.9. The SMILES string of the molecule is Cc1nc2cc(NC(=O)CN3CCN(c4ccccc4F)C3=O)ccc2s1. The van der Waals surface area contributed by atoms with Gasteiger partial charge in [-0.15, -0.1) is 11.3 Å². The fourth-order valence-electron chi connectivity index (χ4n) is 3.12. The highest BCUT2D eigenvalue weighted by Crippen LogP contribution is 2.25. The van der Waals surface area contributed by atoms with Crippen LogP contribution in [0.2, 0.25) is 0 Å². The van der Waals surface area contributed by atoms with Gasteiger partial charge < -0.3 is 10.2 Å². The van der Waals surface area contributed by atoms with E-state index in [1.54, 1.807) is 29.5 Å². The number of rotatable bonds is 4. The minimum absolute atomic E-state index is 0.0854. The number of aromatic nitrogens is 1. The monoisotopic (exact) mass is 384 g/mol. The third-order valence-electron chi connectivity index (χ3n) is 4.35. The second-order valence-corrected chi connectivity index (χ2v) is 7.51. The lowest BCUT2D eigenvalue weighted by molar-refractivity contribution is -0.116. The Bertz CT molecular complexity index is 1040. The Morgan fingerprint density at radius 2 is 2.07 bits per heavy atom. The molecule has 0 spiro atoms. The summed E-state index contributed by atoms with van der Waals surface area (Å²) in [5, 5.41) is 3.76. The number of carbonyl (C=O) groups is 2. The number of thiazole rings is 1. The number of halogens is 1. The van der Waals surface area contributed by atoms with E-state index in [1.807, 2.05) is 25.1 Å². The van der Waals surface area contributed by atoms with E-state index >= 15 is 0 Å². The van der Waals surface area contributed by atoms with Crippen molar-refractivity contribution in [2.24, 2.45) is 0 Å². The van der Waals surface area contributed by atoms with Gasteiger partial charge in [0.25, 0.3) is 0 Å². The van der Waals surface area contributed by atoms with Crippen LogP contribution in [0.15, 0.2) is 42.5 Å². The molecule has 0 unspecified atom stereocenters. The van der Waals surface area contributed by atoms with Crippen molar-refractivity contribution < 1.29 is 14.0 Å².